The van der Waals surface area contributed by atoms with Gasteiger partial charge in [0.25, 0.3) is 0 Å². The number of thioether (sulfide) groups is 1. The van der Waals surface area contributed by atoms with Crippen LogP contribution in [0.3, 0.4) is 0 Å². The van der Waals surface area contributed by atoms with E-state index in [4.69, 9.17) is 0 Å². The Morgan fingerprint density at radius 1 is 1.25 bits per heavy atom. The van der Waals surface area contributed by atoms with E-state index in [0.717, 1.165) is 12.8 Å². The Bertz CT molecular complexity index is 366. The summed E-state index contributed by atoms with van der Waals surface area (Å²) in [6.45, 7) is 4.01. The first-order valence-electron chi connectivity index (χ1n) is 7.66. The van der Waals surface area contributed by atoms with Gasteiger partial charge >= 0.3 is 5.97 Å². The molecule has 0 spiro atoms. The first-order chi connectivity index (χ1) is 9.50. The molecule has 1 N–H and O–H groups in total. The van der Waals surface area contributed by atoms with Gasteiger partial charge in [0.2, 0.25) is 5.91 Å². The summed E-state index contributed by atoms with van der Waals surface area (Å²) in [7, 11) is 0. The van der Waals surface area contributed by atoms with Gasteiger partial charge in [-0.1, -0.05) is 33.1 Å². The van der Waals surface area contributed by atoms with Crippen LogP contribution in [0.15, 0.2) is 0 Å². The van der Waals surface area contributed by atoms with Crippen molar-refractivity contribution in [3.63, 3.8) is 0 Å². The van der Waals surface area contributed by atoms with E-state index in [0.29, 0.717) is 18.1 Å². The van der Waals surface area contributed by atoms with E-state index >= 15 is 0 Å². The van der Waals surface area contributed by atoms with Gasteiger partial charge in [-0.3, -0.25) is 4.79 Å². The second-order valence-electron chi connectivity index (χ2n) is 6.38. The second kappa shape index (κ2) is 6.83. The largest absolute Gasteiger partial charge is 0.480 e. The molecule has 1 aliphatic carbocycles. The summed E-state index contributed by atoms with van der Waals surface area (Å²) in [6, 6.07) is -0.627. The first-order valence-corrected chi connectivity index (χ1v) is 8.71. The zero-order chi connectivity index (χ0) is 14.7. The summed E-state index contributed by atoms with van der Waals surface area (Å²) in [5.74, 6) is 0.463. The average molecular weight is 299 g/mol. The number of carbonyl (C=O) groups is 2. The lowest BCUT2D eigenvalue weighted by Crippen LogP contribution is -2.48. The Kier molecular flexibility index (Phi) is 5.35. The predicted octanol–water partition coefficient (Wildman–Crippen LogP) is 2.97. The van der Waals surface area contributed by atoms with Crippen LogP contribution in [0.5, 0.6) is 0 Å². The standard InChI is InChI=1S/C15H25NO3S/c1-10(2)8-13(17)16-12(15(18)19)9-20-14(16)11-6-4-3-5-7-11/h10-12,14H,3-9H2,1-2H3,(H,18,19). The van der Waals surface area contributed by atoms with E-state index in [9.17, 15) is 14.7 Å². The average Bonchev–Trinajstić information content (AvgIpc) is 2.83. The molecule has 1 amide bonds. The van der Waals surface area contributed by atoms with E-state index in [1.807, 2.05) is 13.8 Å². The Balaban J connectivity index is 2.13. The van der Waals surface area contributed by atoms with Crippen LogP contribution in [-0.2, 0) is 9.59 Å². The lowest BCUT2D eigenvalue weighted by Gasteiger charge is -2.35. The lowest BCUT2D eigenvalue weighted by atomic mass is 9.88. The normalized spacial score (nSPS) is 28.1. The number of carboxylic acid groups (broad SMARTS) is 1. The topological polar surface area (TPSA) is 57.6 Å². The summed E-state index contributed by atoms with van der Waals surface area (Å²) < 4.78 is 0. The molecule has 4 nitrogen and oxygen atoms in total. The maximum atomic E-state index is 12.5. The molecule has 1 aliphatic heterocycles. The Labute approximate surface area is 125 Å². The number of rotatable bonds is 4. The highest BCUT2D eigenvalue weighted by atomic mass is 32.2. The molecule has 5 heteroatoms. The molecule has 2 aliphatic rings. The summed E-state index contributed by atoms with van der Waals surface area (Å²) in [5.41, 5.74) is 0. The SMILES string of the molecule is CC(C)CC(=O)N1C(C(=O)O)CSC1C1CCCCC1. The monoisotopic (exact) mass is 299 g/mol. The van der Waals surface area contributed by atoms with Gasteiger partial charge in [0.1, 0.15) is 6.04 Å². The Morgan fingerprint density at radius 3 is 2.45 bits per heavy atom. The fourth-order valence-electron chi connectivity index (χ4n) is 3.27. The highest BCUT2D eigenvalue weighted by molar-refractivity contribution is 8.00. The van der Waals surface area contributed by atoms with Gasteiger partial charge in [0, 0.05) is 12.2 Å². The Morgan fingerprint density at radius 2 is 1.90 bits per heavy atom. The van der Waals surface area contributed by atoms with Gasteiger partial charge in [-0.15, -0.1) is 11.8 Å². The molecule has 0 aromatic heterocycles. The van der Waals surface area contributed by atoms with Crippen molar-refractivity contribution in [2.75, 3.05) is 5.75 Å². The fourth-order valence-corrected chi connectivity index (χ4v) is 4.92. The molecule has 1 saturated heterocycles. The lowest BCUT2D eigenvalue weighted by molar-refractivity contribution is -0.150. The number of carboxylic acids is 1. The minimum absolute atomic E-state index is 0.0213. The summed E-state index contributed by atoms with van der Waals surface area (Å²) in [5, 5.41) is 9.46. The van der Waals surface area contributed by atoms with Crippen molar-refractivity contribution < 1.29 is 14.7 Å². The molecule has 2 fully saturated rings. The number of hydrogen-bond acceptors (Lipinski definition) is 3. The van der Waals surface area contributed by atoms with Gasteiger partial charge in [-0.25, -0.2) is 4.79 Å². The minimum Gasteiger partial charge on any atom is -0.480 e. The molecule has 1 saturated carbocycles. The molecule has 0 bridgehead atoms. The molecule has 0 aromatic rings. The third kappa shape index (κ3) is 3.48. The van der Waals surface area contributed by atoms with Crippen molar-refractivity contribution in [3.8, 4) is 0 Å². The van der Waals surface area contributed by atoms with Gasteiger partial charge in [0.05, 0.1) is 5.37 Å². The molecule has 114 valence electrons. The van der Waals surface area contributed by atoms with Gasteiger partial charge < -0.3 is 10.0 Å². The van der Waals surface area contributed by atoms with Crippen LogP contribution in [0.25, 0.3) is 0 Å². The van der Waals surface area contributed by atoms with E-state index < -0.39 is 12.0 Å². The van der Waals surface area contributed by atoms with Gasteiger partial charge in [-0.05, 0) is 24.7 Å². The van der Waals surface area contributed by atoms with E-state index in [1.54, 1.807) is 16.7 Å². The van der Waals surface area contributed by atoms with Crippen molar-refractivity contribution in [3.05, 3.63) is 0 Å². The zero-order valence-electron chi connectivity index (χ0n) is 12.4. The third-order valence-corrected chi connectivity index (χ3v) is 5.71. The van der Waals surface area contributed by atoms with Crippen molar-refractivity contribution in [2.45, 2.75) is 63.8 Å². The number of aliphatic carboxylic acids is 1. The first kappa shape index (κ1) is 15.7. The van der Waals surface area contributed by atoms with Crippen LogP contribution in [0, 0.1) is 11.8 Å². The fraction of sp³-hybridized carbons (Fsp3) is 0.867. The smallest absolute Gasteiger partial charge is 0.327 e. The van der Waals surface area contributed by atoms with Gasteiger partial charge in [0.15, 0.2) is 0 Å². The maximum Gasteiger partial charge on any atom is 0.327 e. The van der Waals surface area contributed by atoms with Crippen molar-refractivity contribution >= 4 is 23.6 Å². The summed E-state index contributed by atoms with van der Waals surface area (Å²) in [6.07, 6.45) is 6.42. The van der Waals surface area contributed by atoms with Crippen molar-refractivity contribution in [2.24, 2.45) is 11.8 Å². The zero-order valence-corrected chi connectivity index (χ0v) is 13.2. The van der Waals surface area contributed by atoms with Crippen LogP contribution in [0.2, 0.25) is 0 Å². The molecule has 1 heterocycles. The van der Waals surface area contributed by atoms with E-state index in [1.165, 1.54) is 19.3 Å². The van der Waals surface area contributed by atoms with Crippen LogP contribution in [0.4, 0.5) is 0 Å². The number of nitrogens with zero attached hydrogens (tertiary/aromatic N) is 1. The van der Waals surface area contributed by atoms with E-state index in [2.05, 4.69) is 0 Å². The van der Waals surface area contributed by atoms with Crippen LogP contribution < -0.4 is 0 Å². The summed E-state index contributed by atoms with van der Waals surface area (Å²) >= 11 is 1.67. The Hall–Kier alpha value is -0.710. The number of carbonyl (C=O) groups excluding carboxylic acids is 1. The maximum absolute atomic E-state index is 12.5. The van der Waals surface area contributed by atoms with Crippen molar-refractivity contribution in [1.29, 1.82) is 0 Å². The van der Waals surface area contributed by atoms with Gasteiger partial charge in [-0.2, -0.15) is 0 Å². The van der Waals surface area contributed by atoms with Crippen molar-refractivity contribution in [1.82, 2.24) is 4.90 Å². The summed E-state index contributed by atoms with van der Waals surface area (Å²) in [4.78, 5) is 25.6. The quantitative estimate of drug-likeness (QED) is 0.867. The minimum atomic E-state index is -0.854. The number of amides is 1. The molecule has 0 radical (unpaired) electrons. The van der Waals surface area contributed by atoms with Crippen LogP contribution >= 0.6 is 11.8 Å². The molecule has 0 aromatic carbocycles. The van der Waals surface area contributed by atoms with Crippen LogP contribution in [-0.4, -0.2) is 39.1 Å². The second-order valence-corrected chi connectivity index (χ2v) is 7.52. The molecular formula is C15H25NO3S. The molecule has 2 rings (SSSR count). The number of hydrogen-bond donors (Lipinski definition) is 1. The van der Waals surface area contributed by atoms with E-state index in [-0.39, 0.29) is 17.2 Å². The highest BCUT2D eigenvalue weighted by Crippen LogP contribution is 2.40. The molecule has 2 atom stereocenters. The van der Waals surface area contributed by atoms with Crippen LogP contribution in [0.1, 0.15) is 52.4 Å². The molecular weight excluding hydrogens is 274 g/mol. The third-order valence-electron chi connectivity index (χ3n) is 4.24. The molecule has 2 unspecified atom stereocenters. The highest BCUT2D eigenvalue weighted by Gasteiger charge is 2.44. The molecule has 20 heavy (non-hydrogen) atoms. The predicted molar refractivity (Wildman–Crippen MR) is 80.5 cm³/mol.